The first kappa shape index (κ1) is 32.7. The fourth-order valence-corrected chi connectivity index (χ4v) is 8.92. The van der Waals surface area contributed by atoms with Crippen molar-refractivity contribution in [3.63, 3.8) is 0 Å². The van der Waals surface area contributed by atoms with Gasteiger partial charge in [-0.15, -0.1) is 11.3 Å². The molecular formula is C52H36N2S. The molecule has 10 rings (SSSR count). The van der Waals surface area contributed by atoms with Gasteiger partial charge in [-0.3, -0.25) is 0 Å². The Morgan fingerprint density at radius 2 is 0.745 bits per heavy atom. The van der Waals surface area contributed by atoms with Gasteiger partial charge in [0.25, 0.3) is 0 Å². The Hall–Kier alpha value is -6.94. The Morgan fingerprint density at radius 1 is 0.273 bits per heavy atom. The number of hydrogen-bond acceptors (Lipinski definition) is 3. The Balaban J connectivity index is 1.05. The molecule has 10 aromatic rings. The molecule has 0 fully saturated rings. The summed E-state index contributed by atoms with van der Waals surface area (Å²) in [7, 11) is 0. The normalized spacial score (nSPS) is 11.3. The molecule has 0 saturated heterocycles. The first-order valence-corrected chi connectivity index (χ1v) is 19.5. The quantitative estimate of drug-likeness (QED) is 0.154. The molecule has 260 valence electrons. The number of benzene rings is 9. The first-order valence-electron chi connectivity index (χ1n) is 18.7. The molecule has 0 atom stereocenters. The monoisotopic (exact) mass is 720 g/mol. The average Bonchev–Trinajstić information content (AvgIpc) is 3.64. The van der Waals surface area contributed by atoms with E-state index in [-0.39, 0.29) is 0 Å². The van der Waals surface area contributed by atoms with Crippen LogP contribution in [-0.2, 0) is 0 Å². The van der Waals surface area contributed by atoms with Gasteiger partial charge in [-0.2, -0.15) is 0 Å². The average molecular weight is 721 g/mol. The lowest BCUT2D eigenvalue weighted by molar-refractivity contribution is 1.29. The number of thiophene rings is 1. The second kappa shape index (κ2) is 14.1. The molecule has 0 aliphatic carbocycles. The van der Waals surface area contributed by atoms with E-state index in [1.54, 1.807) is 0 Å². The van der Waals surface area contributed by atoms with E-state index in [9.17, 15) is 0 Å². The largest absolute Gasteiger partial charge is 0.310 e. The van der Waals surface area contributed by atoms with Crippen molar-refractivity contribution in [1.29, 1.82) is 0 Å². The highest BCUT2D eigenvalue weighted by molar-refractivity contribution is 7.25. The molecule has 0 unspecified atom stereocenters. The fraction of sp³-hybridized carbons (Fsp3) is 0. The summed E-state index contributed by atoms with van der Waals surface area (Å²) in [6.07, 6.45) is 0. The van der Waals surface area contributed by atoms with E-state index < -0.39 is 0 Å². The summed E-state index contributed by atoms with van der Waals surface area (Å²) in [5.74, 6) is 0. The van der Waals surface area contributed by atoms with Crippen molar-refractivity contribution in [3.05, 3.63) is 218 Å². The molecule has 0 saturated carbocycles. The predicted molar refractivity (Wildman–Crippen MR) is 237 cm³/mol. The molecule has 3 heteroatoms. The molecule has 0 N–H and O–H groups in total. The van der Waals surface area contributed by atoms with Gasteiger partial charge in [-0.1, -0.05) is 140 Å². The Labute approximate surface area is 325 Å². The minimum absolute atomic E-state index is 1.11. The Morgan fingerprint density at radius 3 is 1.44 bits per heavy atom. The molecule has 0 amide bonds. The summed E-state index contributed by atoms with van der Waals surface area (Å²) in [5, 5.41) is 5.00. The summed E-state index contributed by atoms with van der Waals surface area (Å²) < 4.78 is 2.62. The van der Waals surface area contributed by atoms with Gasteiger partial charge in [-0.05, 0) is 107 Å². The van der Waals surface area contributed by atoms with Crippen molar-refractivity contribution in [2.75, 3.05) is 9.80 Å². The zero-order chi connectivity index (χ0) is 36.6. The van der Waals surface area contributed by atoms with Crippen LogP contribution in [0, 0.1) is 0 Å². The van der Waals surface area contributed by atoms with Gasteiger partial charge >= 0.3 is 0 Å². The summed E-state index contributed by atoms with van der Waals surface area (Å²) in [4.78, 5) is 4.73. The highest BCUT2D eigenvalue weighted by Crippen LogP contribution is 2.44. The SMILES string of the molecule is c1ccc(-c2ccc(N(c3ccccc3)c3ccc(-c4ccc(N(c5ccccc5)c5ccc6sc7ccccc7c6c5)cc4)c4ccccc34)cc2)cc1. The maximum atomic E-state index is 2.37. The molecule has 9 aromatic carbocycles. The number of anilines is 6. The van der Waals surface area contributed by atoms with E-state index in [1.165, 1.54) is 53.2 Å². The molecule has 55 heavy (non-hydrogen) atoms. The zero-order valence-electron chi connectivity index (χ0n) is 30.1. The smallest absolute Gasteiger partial charge is 0.0540 e. The van der Waals surface area contributed by atoms with Gasteiger partial charge in [0.05, 0.1) is 5.69 Å². The van der Waals surface area contributed by atoms with Crippen molar-refractivity contribution in [3.8, 4) is 22.3 Å². The minimum Gasteiger partial charge on any atom is -0.310 e. The lowest BCUT2D eigenvalue weighted by atomic mass is 9.96. The third kappa shape index (κ3) is 6.11. The molecule has 0 aliphatic heterocycles. The number of para-hydroxylation sites is 2. The van der Waals surface area contributed by atoms with Gasteiger partial charge in [0.15, 0.2) is 0 Å². The van der Waals surface area contributed by atoms with Crippen LogP contribution in [0.4, 0.5) is 34.1 Å². The van der Waals surface area contributed by atoms with Crippen LogP contribution in [0.3, 0.4) is 0 Å². The lowest BCUT2D eigenvalue weighted by Gasteiger charge is -2.28. The van der Waals surface area contributed by atoms with Crippen LogP contribution in [0.25, 0.3) is 53.2 Å². The third-order valence-corrected chi connectivity index (χ3v) is 11.6. The Bertz CT molecular complexity index is 2900. The van der Waals surface area contributed by atoms with E-state index in [4.69, 9.17) is 0 Å². The molecule has 1 aromatic heterocycles. The van der Waals surface area contributed by atoms with Crippen LogP contribution in [-0.4, -0.2) is 0 Å². The highest BCUT2D eigenvalue weighted by atomic mass is 32.1. The van der Waals surface area contributed by atoms with Crippen LogP contribution in [0.15, 0.2) is 218 Å². The van der Waals surface area contributed by atoms with Crippen molar-refractivity contribution in [1.82, 2.24) is 0 Å². The molecule has 0 aliphatic rings. The van der Waals surface area contributed by atoms with Crippen molar-refractivity contribution < 1.29 is 0 Å². The van der Waals surface area contributed by atoms with Gasteiger partial charge < -0.3 is 9.80 Å². The first-order chi connectivity index (χ1) is 27.3. The molecule has 0 bridgehead atoms. The maximum Gasteiger partial charge on any atom is 0.0540 e. The minimum atomic E-state index is 1.11. The van der Waals surface area contributed by atoms with Gasteiger partial charge in [0, 0.05) is 54.0 Å². The topological polar surface area (TPSA) is 6.48 Å². The van der Waals surface area contributed by atoms with Gasteiger partial charge in [-0.25, -0.2) is 0 Å². The van der Waals surface area contributed by atoms with Crippen LogP contribution in [0.5, 0.6) is 0 Å². The summed E-state index contributed by atoms with van der Waals surface area (Å²) >= 11 is 1.85. The van der Waals surface area contributed by atoms with Crippen LogP contribution in [0.1, 0.15) is 0 Å². The van der Waals surface area contributed by atoms with E-state index in [0.717, 1.165) is 34.1 Å². The summed E-state index contributed by atoms with van der Waals surface area (Å²) in [6, 6.07) is 78.7. The second-order valence-electron chi connectivity index (χ2n) is 13.8. The van der Waals surface area contributed by atoms with Gasteiger partial charge in [0.2, 0.25) is 0 Å². The second-order valence-corrected chi connectivity index (χ2v) is 14.8. The molecular weight excluding hydrogens is 685 g/mol. The summed E-state index contributed by atoms with van der Waals surface area (Å²) in [5.41, 5.74) is 11.6. The maximum absolute atomic E-state index is 2.37. The molecule has 0 radical (unpaired) electrons. The standard InChI is InChI=1S/C52H36N2S/c1-4-14-37(15-5-1)38-24-28-43(29-25-38)54(41-18-8-3-9-19-41)50-34-33-45(46-20-10-11-21-47(46)50)39-26-30-42(31-27-39)53(40-16-6-2-7-17-40)44-32-35-52-49(36-44)48-22-12-13-23-51(48)55-52/h1-36H. The number of rotatable bonds is 8. The number of fused-ring (bicyclic) bond motifs is 4. The molecule has 0 spiro atoms. The summed E-state index contributed by atoms with van der Waals surface area (Å²) in [6.45, 7) is 0. The van der Waals surface area contributed by atoms with Crippen molar-refractivity contribution >= 4 is 76.4 Å². The number of hydrogen-bond donors (Lipinski definition) is 0. The van der Waals surface area contributed by atoms with Crippen LogP contribution < -0.4 is 9.80 Å². The third-order valence-electron chi connectivity index (χ3n) is 10.5. The predicted octanol–water partition coefficient (Wildman–Crippen LogP) is 15.5. The van der Waals surface area contributed by atoms with Crippen LogP contribution >= 0.6 is 11.3 Å². The molecule has 2 nitrogen and oxygen atoms in total. The van der Waals surface area contributed by atoms with Gasteiger partial charge in [0.1, 0.15) is 0 Å². The lowest BCUT2D eigenvalue weighted by Crippen LogP contribution is -2.10. The van der Waals surface area contributed by atoms with E-state index >= 15 is 0 Å². The fourth-order valence-electron chi connectivity index (χ4n) is 7.84. The van der Waals surface area contributed by atoms with E-state index in [1.807, 2.05) is 11.3 Å². The van der Waals surface area contributed by atoms with E-state index in [0.29, 0.717) is 0 Å². The zero-order valence-corrected chi connectivity index (χ0v) is 30.9. The number of nitrogens with zero attached hydrogens (tertiary/aromatic N) is 2. The highest BCUT2D eigenvalue weighted by Gasteiger charge is 2.19. The van der Waals surface area contributed by atoms with E-state index in [2.05, 4.69) is 228 Å². The van der Waals surface area contributed by atoms with Crippen LogP contribution in [0.2, 0.25) is 0 Å². The van der Waals surface area contributed by atoms with Crippen molar-refractivity contribution in [2.24, 2.45) is 0 Å². The van der Waals surface area contributed by atoms with Crippen molar-refractivity contribution in [2.45, 2.75) is 0 Å². The Kier molecular flexibility index (Phi) is 8.40. The molecule has 1 heterocycles.